The van der Waals surface area contributed by atoms with Gasteiger partial charge in [0.15, 0.2) is 0 Å². The van der Waals surface area contributed by atoms with Crippen molar-refractivity contribution in [1.29, 1.82) is 0 Å². The van der Waals surface area contributed by atoms with Gasteiger partial charge >= 0.3 is 0 Å². The van der Waals surface area contributed by atoms with Crippen molar-refractivity contribution in [3.63, 3.8) is 0 Å². The highest BCUT2D eigenvalue weighted by Crippen LogP contribution is 2.46. The average molecular weight is 786 g/mol. The summed E-state index contributed by atoms with van der Waals surface area (Å²) in [7, 11) is 0. The van der Waals surface area contributed by atoms with Crippen LogP contribution in [-0.4, -0.2) is 8.80 Å². The third kappa shape index (κ3) is 4.30. The molecule has 0 saturated heterocycles. The van der Waals surface area contributed by atoms with Crippen LogP contribution >= 0.6 is 22.7 Å². The first-order chi connectivity index (χ1) is 29.3. The summed E-state index contributed by atoms with van der Waals surface area (Å²) in [6, 6.07) is 70.0. The van der Waals surface area contributed by atoms with Crippen LogP contribution in [-0.2, 0) is 0 Å². The Balaban J connectivity index is 1.04. The van der Waals surface area contributed by atoms with E-state index in [1.165, 1.54) is 106 Å². The Morgan fingerprint density at radius 3 is 1.61 bits per heavy atom. The number of benzene rings is 9. The van der Waals surface area contributed by atoms with Crippen molar-refractivity contribution in [2.24, 2.45) is 0 Å². The highest BCUT2D eigenvalue weighted by Gasteiger charge is 2.23. The first-order valence-corrected chi connectivity index (χ1v) is 21.7. The monoisotopic (exact) mass is 785 g/mol. The summed E-state index contributed by atoms with van der Waals surface area (Å²) < 4.78 is 10.3. The zero-order valence-electron chi connectivity index (χ0n) is 31.6. The van der Waals surface area contributed by atoms with Crippen LogP contribution < -0.4 is 4.90 Å². The molecule has 0 fully saturated rings. The lowest BCUT2D eigenvalue weighted by Gasteiger charge is -2.26. The maximum Gasteiger partial charge on any atom is 0.0789 e. The summed E-state index contributed by atoms with van der Waals surface area (Å²) in [6.07, 6.45) is 0. The number of anilines is 3. The van der Waals surface area contributed by atoms with Gasteiger partial charge in [0, 0.05) is 79.0 Å². The van der Waals surface area contributed by atoms with E-state index in [0.29, 0.717) is 0 Å². The minimum atomic E-state index is 1.11. The normalized spacial score (nSPS) is 12.4. The van der Waals surface area contributed by atoms with E-state index in [-0.39, 0.29) is 0 Å². The second-order valence-corrected chi connectivity index (χ2v) is 17.8. The van der Waals surface area contributed by atoms with Crippen molar-refractivity contribution in [3.8, 4) is 11.1 Å². The molecule has 14 rings (SSSR count). The lowest BCUT2D eigenvalue weighted by atomic mass is 9.99. The van der Waals surface area contributed by atoms with E-state index in [9.17, 15) is 0 Å². The molecular formula is C54H31N3S2. The number of hydrogen-bond donors (Lipinski definition) is 0. The highest BCUT2D eigenvalue weighted by molar-refractivity contribution is 7.26. The molecule has 0 aliphatic carbocycles. The van der Waals surface area contributed by atoms with Crippen LogP contribution in [0.4, 0.5) is 17.1 Å². The van der Waals surface area contributed by atoms with Gasteiger partial charge in [0.25, 0.3) is 0 Å². The number of hydrogen-bond acceptors (Lipinski definition) is 3. The minimum absolute atomic E-state index is 1.11. The van der Waals surface area contributed by atoms with Gasteiger partial charge in [-0.3, -0.25) is 0 Å². The molecule has 0 bridgehead atoms. The minimum Gasteiger partial charge on any atom is -0.310 e. The second-order valence-electron chi connectivity index (χ2n) is 15.7. The summed E-state index contributed by atoms with van der Waals surface area (Å²) in [5.74, 6) is 0. The summed E-state index contributed by atoms with van der Waals surface area (Å²) >= 11 is 3.73. The van der Waals surface area contributed by atoms with Crippen molar-refractivity contribution in [2.45, 2.75) is 0 Å². The number of nitrogens with zero attached hydrogens (tertiary/aromatic N) is 3. The predicted octanol–water partition coefficient (Wildman–Crippen LogP) is 16.1. The maximum atomic E-state index is 2.52. The van der Waals surface area contributed by atoms with Crippen LogP contribution in [0.2, 0.25) is 0 Å². The number of rotatable bonds is 4. The first-order valence-electron chi connectivity index (χ1n) is 20.1. The Morgan fingerprint density at radius 2 is 0.864 bits per heavy atom. The molecule has 5 aromatic heterocycles. The lowest BCUT2D eigenvalue weighted by molar-refractivity contribution is 1.24. The van der Waals surface area contributed by atoms with Crippen LogP contribution in [0.1, 0.15) is 0 Å². The number of thiophene rings is 2. The van der Waals surface area contributed by atoms with Gasteiger partial charge in [0.05, 0.1) is 33.1 Å². The van der Waals surface area contributed by atoms with Crippen LogP contribution in [0.15, 0.2) is 188 Å². The molecule has 59 heavy (non-hydrogen) atoms. The topological polar surface area (TPSA) is 12.1 Å². The number of aromatic nitrogens is 2. The van der Waals surface area contributed by atoms with Crippen molar-refractivity contribution in [1.82, 2.24) is 8.80 Å². The molecule has 0 atom stereocenters. The zero-order valence-corrected chi connectivity index (χ0v) is 33.2. The fourth-order valence-electron chi connectivity index (χ4n) is 10.1. The zero-order chi connectivity index (χ0) is 38.3. The Labute approximate surface area is 345 Å². The van der Waals surface area contributed by atoms with Crippen molar-refractivity contribution < 1.29 is 0 Å². The molecule has 3 nitrogen and oxygen atoms in total. The summed E-state index contributed by atoms with van der Waals surface area (Å²) in [6.45, 7) is 0. The SMILES string of the molecule is c1ccc2c(c1)sc1ccc(N(c3ccc(-c4cccc5sc6ccccc6c45)cc3)c3ccc4c(c3)n3c5ccccc5c5ccc6c7ccccc7n4c6c53)cc12. The third-order valence-electron chi connectivity index (χ3n) is 12.6. The molecule has 14 aromatic rings. The molecule has 0 radical (unpaired) electrons. The lowest BCUT2D eigenvalue weighted by Crippen LogP contribution is -2.10. The molecule has 274 valence electrons. The molecule has 0 aliphatic heterocycles. The molecule has 5 heterocycles. The van der Waals surface area contributed by atoms with Crippen LogP contribution in [0, 0.1) is 0 Å². The van der Waals surface area contributed by atoms with Gasteiger partial charge < -0.3 is 13.7 Å². The van der Waals surface area contributed by atoms with Crippen molar-refractivity contribution in [2.75, 3.05) is 4.90 Å². The summed E-state index contributed by atoms with van der Waals surface area (Å²) in [4.78, 5) is 2.45. The van der Waals surface area contributed by atoms with Gasteiger partial charge in [-0.05, 0) is 90.0 Å². The van der Waals surface area contributed by atoms with Gasteiger partial charge in [-0.1, -0.05) is 109 Å². The van der Waals surface area contributed by atoms with E-state index in [4.69, 9.17) is 0 Å². The molecule has 9 aromatic carbocycles. The summed E-state index contributed by atoms with van der Waals surface area (Å²) in [5.41, 5.74) is 13.2. The number of para-hydroxylation sites is 2. The second kappa shape index (κ2) is 11.7. The molecule has 0 aliphatic rings. The highest BCUT2D eigenvalue weighted by atomic mass is 32.1. The maximum absolute atomic E-state index is 2.52. The van der Waals surface area contributed by atoms with E-state index in [0.717, 1.165) is 17.1 Å². The molecule has 5 heteroatoms. The molecule has 0 amide bonds. The molecular weight excluding hydrogens is 755 g/mol. The van der Waals surface area contributed by atoms with Crippen LogP contribution in [0.25, 0.3) is 106 Å². The van der Waals surface area contributed by atoms with E-state index in [1.807, 2.05) is 22.7 Å². The predicted molar refractivity (Wildman–Crippen MR) is 255 cm³/mol. The first kappa shape index (κ1) is 31.9. The van der Waals surface area contributed by atoms with E-state index in [2.05, 4.69) is 202 Å². The Hall–Kier alpha value is -7.18. The van der Waals surface area contributed by atoms with Gasteiger partial charge in [-0.25, -0.2) is 0 Å². The smallest absolute Gasteiger partial charge is 0.0789 e. The van der Waals surface area contributed by atoms with Gasteiger partial charge in [-0.2, -0.15) is 0 Å². The fraction of sp³-hybridized carbons (Fsp3) is 0. The third-order valence-corrected chi connectivity index (χ3v) is 14.9. The quantitative estimate of drug-likeness (QED) is 0.162. The van der Waals surface area contributed by atoms with E-state index in [1.54, 1.807) is 0 Å². The number of fused-ring (bicyclic) bond motifs is 15. The van der Waals surface area contributed by atoms with Gasteiger partial charge in [0.2, 0.25) is 0 Å². The Morgan fingerprint density at radius 1 is 0.322 bits per heavy atom. The molecule has 0 spiro atoms. The standard InChI is InChI=1S/C54H31N3S2/c1-5-15-44-37(10-1)40-26-27-41-38-11-2-6-16-45(38)57-47-31-35(24-28-46(47)56(44)53(40)54(41)57)55(34-25-29-50-43(30-34)39-12-3-7-17-48(39)58-50)33-22-20-32(21-23-33)36-14-9-19-51-52(36)42-13-4-8-18-49(42)59-51/h1-31H. The van der Waals surface area contributed by atoms with Crippen molar-refractivity contribution >= 4 is 135 Å². The average Bonchev–Trinajstić information content (AvgIpc) is 4.05. The largest absolute Gasteiger partial charge is 0.310 e. The van der Waals surface area contributed by atoms with Gasteiger partial charge in [0.1, 0.15) is 0 Å². The fourth-order valence-corrected chi connectivity index (χ4v) is 12.3. The van der Waals surface area contributed by atoms with Crippen molar-refractivity contribution in [3.05, 3.63) is 188 Å². The molecule has 0 N–H and O–H groups in total. The summed E-state index contributed by atoms with van der Waals surface area (Å²) in [5, 5.41) is 10.4. The Bertz CT molecular complexity index is 4030. The van der Waals surface area contributed by atoms with E-state index >= 15 is 0 Å². The van der Waals surface area contributed by atoms with Crippen LogP contribution in [0.5, 0.6) is 0 Å². The van der Waals surface area contributed by atoms with E-state index < -0.39 is 0 Å². The molecule has 0 unspecified atom stereocenters. The Kier molecular flexibility index (Phi) is 6.32. The van der Waals surface area contributed by atoms with Gasteiger partial charge in [-0.15, -0.1) is 22.7 Å². The van der Waals surface area contributed by atoms with Crippen LogP contribution in [0.3, 0.4) is 0 Å². The molecule has 0 saturated carbocycles.